The third-order valence-corrected chi connectivity index (χ3v) is 6.80. The first-order valence-electron chi connectivity index (χ1n) is 10.4. The van der Waals surface area contributed by atoms with Crippen molar-refractivity contribution < 1.29 is 9.53 Å². The number of rotatable bonds is 3. The second kappa shape index (κ2) is 6.92. The van der Waals surface area contributed by atoms with Crippen molar-refractivity contribution in [1.29, 1.82) is 0 Å². The third kappa shape index (κ3) is 3.15. The van der Waals surface area contributed by atoms with E-state index in [2.05, 4.69) is 28.0 Å². The van der Waals surface area contributed by atoms with Crippen LogP contribution in [-0.4, -0.2) is 60.1 Å². The van der Waals surface area contributed by atoms with E-state index < -0.39 is 0 Å². The fourth-order valence-electron chi connectivity index (χ4n) is 5.16. The number of hydrogen-bond acceptors (Lipinski definition) is 3. The molecule has 0 radical (unpaired) electrons. The summed E-state index contributed by atoms with van der Waals surface area (Å²) in [5.74, 6) is 0.184. The van der Waals surface area contributed by atoms with Crippen molar-refractivity contribution in [1.82, 2.24) is 9.80 Å². The van der Waals surface area contributed by atoms with Gasteiger partial charge in [-0.2, -0.15) is 0 Å². The molecule has 27 heavy (non-hydrogen) atoms. The van der Waals surface area contributed by atoms with Crippen molar-refractivity contribution in [2.24, 2.45) is 0 Å². The Kier molecular flexibility index (Phi) is 4.41. The monoisotopic (exact) mass is 364 g/mol. The van der Waals surface area contributed by atoms with Crippen LogP contribution in [0.5, 0.6) is 0 Å². The van der Waals surface area contributed by atoms with E-state index >= 15 is 0 Å². The van der Waals surface area contributed by atoms with Crippen molar-refractivity contribution in [3.05, 3.63) is 48.0 Å². The molecule has 0 aliphatic carbocycles. The molecule has 0 saturated carbocycles. The second-order valence-corrected chi connectivity index (χ2v) is 8.45. The number of carbonyl (C=O) groups is 1. The first-order chi connectivity index (χ1) is 13.2. The molecular weight excluding hydrogens is 336 g/mol. The molecule has 142 valence electrons. The summed E-state index contributed by atoms with van der Waals surface area (Å²) in [5.41, 5.74) is 1.01. The zero-order valence-electron chi connectivity index (χ0n) is 15.9. The molecule has 1 spiro atoms. The highest BCUT2D eigenvalue weighted by Crippen LogP contribution is 2.39. The largest absolute Gasteiger partial charge is 0.377 e. The highest BCUT2D eigenvalue weighted by Gasteiger charge is 2.48. The Morgan fingerprint density at radius 1 is 1.07 bits per heavy atom. The van der Waals surface area contributed by atoms with Crippen LogP contribution in [0.3, 0.4) is 0 Å². The lowest BCUT2D eigenvalue weighted by Gasteiger charge is -2.57. The summed E-state index contributed by atoms with van der Waals surface area (Å²) >= 11 is 0. The standard InChI is InChI=1S/C23H28N2O2/c26-22(20-9-8-18-5-1-2-6-19(18)15-20)24-12-4-10-23(17-24)11-13-25(23)16-21-7-3-14-27-21/h1-2,5-6,8-9,15,21H,3-4,7,10-14,16-17H2/t21-,23+/m0/s1. The number of ether oxygens (including phenoxy) is 1. The van der Waals surface area contributed by atoms with Gasteiger partial charge < -0.3 is 9.64 Å². The molecule has 3 saturated heterocycles. The number of nitrogens with zero attached hydrogens (tertiary/aromatic N) is 2. The fourth-order valence-corrected chi connectivity index (χ4v) is 5.16. The SMILES string of the molecule is O=C(c1ccc2ccccc2c1)N1CCC[C@@]2(CCN2C[C@@H]2CCCO2)C1. The predicted octanol–water partition coefficient (Wildman–Crippen LogP) is 3.70. The average molecular weight is 364 g/mol. The minimum atomic E-state index is 0.184. The number of benzene rings is 2. The Hall–Kier alpha value is -1.91. The molecule has 5 rings (SSSR count). The maximum absolute atomic E-state index is 13.2. The zero-order chi connectivity index (χ0) is 18.3. The lowest BCUT2D eigenvalue weighted by molar-refractivity contribution is -0.0806. The average Bonchev–Trinajstić information content (AvgIpc) is 3.24. The summed E-state index contributed by atoms with van der Waals surface area (Å²) in [5, 5.41) is 2.32. The van der Waals surface area contributed by atoms with Gasteiger partial charge in [-0.1, -0.05) is 30.3 Å². The molecule has 3 aliphatic heterocycles. The number of hydrogen-bond donors (Lipinski definition) is 0. The summed E-state index contributed by atoms with van der Waals surface area (Å²) in [6.45, 7) is 4.85. The van der Waals surface area contributed by atoms with Crippen LogP contribution in [0.2, 0.25) is 0 Å². The molecule has 3 heterocycles. The second-order valence-electron chi connectivity index (χ2n) is 8.45. The number of likely N-dealkylation sites (tertiary alicyclic amines) is 2. The minimum absolute atomic E-state index is 0.184. The van der Waals surface area contributed by atoms with Crippen LogP contribution in [0.25, 0.3) is 10.8 Å². The van der Waals surface area contributed by atoms with Gasteiger partial charge >= 0.3 is 0 Å². The minimum Gasteiger partial charge on any atom is -0.377 e. The van der Waals surface area contributed by atoms with Gasteiger partial charge in [0, 0.05) is 43.9 Å². The number of piperidine rings is 1. The Morgan fingerprint density at radius 2 is 1.96 bits per heavy atom. The van der Waals surface area contributed by atoms with Crippen molar-refractivity contribution in [2.45, 2.75) is 43.7 Å². The molecule has 0 aromatic heterocycles. The van der Waals surface area contributed by atoms with Crippen molar-refractivity contribution in [3.63, 3.8) is 0 Å². The molecule has 0 N–H and O–H groups in total. The summed E-state index contributed by atoms with van der Waals surface area (Å²) in [6.07, 6.45) is 6.29. The predicted molar refractivity (Wildman–Crippen MR) is 107 cm³/mol. The smallest absolute Gasteiger partial charge is 0.253 e. The van der Waals surface area contributed by atoms with Crippen LogP contribution in [0.4, 0.5) is 0 Å². The Bertz CT molecular complexity index is 845. The van der Waals surface area contributed by atoms with Gasteiger partial charge in [0.05, 0.1) is 6.10 Å². The lowest BCUT2D eigenvalue weighted by Crippen LogP contribution is -2.68. The summed E-state index contributed by atoms with van der Waals surface area (Å²) in [7, 11) is 0. The summed E-state index contributed by atoms with van der Waals surface area (Å²) in [6, 6.07) is 14.3. The van der Waals surface area contributed by atoms with E-state index in [1.807, 2.05) is 24.3 Å². The van der Waals surface area contributed by atoms with E-state index in [-0.39, 0.29) is 11.4 Å². The molecule has 0 bridgehead atoms. The van der Waals surface area contributed by atoms with Gasteiger partial charge in [-0.3, -0.25) is 9.69 Å². The van der Waals surface area contributed by atoms with Crippen LogP contribution in [0.15, 0.2) is 42.5 Å². The van der Waals surface area contributed by atoms with Crippen LogP contribution in [0, 0.1) is 0 Å². The normalized spacial score (nSPS) is 28.6. The van der Waals surface area contributed by atoms with Gasteiger partial charge in [0.2, 0.25) is 0 Å². The van der Waals surface area contributed by atoms with Crippen molar-refractivity contribution in [3.8, 4) is 0 Å². The van der Waals surface area contributed by atoms with Crippen LogP contribution in [0.1, 0.15) is 42.5 Å². The maximum atomic E-state index is 13.2. The van der Waals surface area contributed by atoms with E-state index in [0.29, 0.717) is 6.10 Å². The van der Waals surface area contributed by atoms with Crippen molar-refractivity contribution >= 4 is 16.7 Å². The highest BCUT2D eigenvalue weighted by molar-refractivity contribution is 5.98. The fraction of sp³-hybridized carbons (Fsp3) is 0.522. The molecule has 1 amide bonds. The molecule has 2 aromatic carbocycles. The Labute approximate surface area is 161 Å². The van der Waals surface area contributed by atoms with E-state index in [4.69, 9.17) is 4.74 Å². The van der Waals surface area contributed by atoms with Gasteiger partial charge in [0.1, 0.15) is 0 Å². The lowest BCUT2D eigenvalue weighted by atomic mass is 9.77. The molecule has 4 nitrogen and oxygen atoms in total. The van der Waals surface area contributed by atoms with Gasteiger partial charge in [-0.05, 0) is 55.0 Å². The molecule has 2 atom stereocenters. The molecule has 3 aliphatic rings. The topological polar surface area (TPSA) is 32.8 Å². The number of fused-ring (bicyclic) bond motifs is 1. The van der Waals surface area contributed by atoms with Crippen LogP contribution < -0.4 is 0 Å². The maximum Gasteiger partial charge on any atom is 0.253 e. The van der Waals surface area contributed by atoms with Gasteiger partial charge in [-0.25, -0.2) is 0 Å². The van der Waals surface area contributed by atoms with Gasteiger partial charge in [-0.15, -0.1) is 0 Å². The quantitative estimate of drug-likeness (QED) is 0.833. The Balaban J connectivity index is 1.31. The van der Waals surface area contributed by atoms with Gasteiger partial charge in [0.25, 0.3) is 5.91 Å². The molecule has 4 heteroatoms. The first kappa shape index (κ1) is 17.2. The molecule has 3 fully saturated rings. The van der Waals surface area contributed by atoms with Crippen LogP contribution >= 0.6 is 0 Å². The van der Waals surface area contributed by atoms with E-state index in [0.717, 1.165) is 50.2 Å². The van der Waals surface area contributed by atoms with Crippen LogP contribution in [-0.2, 0) is 4.74 Å². The third-order valence-electron chi connectivity index (χ3n) is 6.80. The van der Waals surface area contributed by atoms with E-state index in [9.17, 15) is 4.79 Å². The van der Waals surface area contributed by atoms with E-state index in [1.54, 1.807) is 0 Å². The zero-order valence-corrected chi connectivity index (χ0v) is 15.9. The summed E-state index contributed by atoms with van der Waals surface area (Å²) < 4.78 is 5.86. The van der Waals surface area contributed by atoms with Gasteiger partial charge in [0.15, 0.2) is 0 Å². The Morgan fingerprint density at radius 3 is 2.74 bits per heavy atom. The van der Waals surface area contributed by atoms with Crippen molar-refractivity contribution in [2.75, 3.05) is 32.8 Å². The highest BCUT2D eigenvalue weighted by atomic mass is 16.5. The first-order valence-corrected chi connectivity index (χ1v) is 10.4. The number of carbonyl (C=O) groups excluding carboxylic acids is 1. The summed E-state index contributed by atoms with van der Waals surface area (Å²) in [4.78, 5) is 17.9. The molecule has 2 aromatic rings. The number of amides is 1. The van der Waals surface area contributed by atoms with E-state index in [1.165, 1.54) is 31.1 Å². The molecule has 0 unspecified atom stereocenters. The molecular formula is C23H28N2O2.